The summed E-state index contributed by atoms with van der Waals surface area (Å²) in [6, 6.07) is 2.68. The molecule has 0 unspecified atom stereocenters. The van der Waals surface area contributed by atoms with E-state index in [0.717, 1.165) is 5.82 Å². The van der Waals surface area contributed by atoms with E-state index in [1.54, 1.807) is 12.4 Å². The zero-order chi connectivity index (χ0) is 15.5. The SMILES string of the molecule is O=S(=O)(NCCCc1ncc[nH]1)c1c(Cl)cc(Cl)cc1Cl. The highest BCUT2D eigenvalue weighted by Crippen LogP contribution is 2.32. The molecule has 0 saturated heterocycles. The van der Waals surface area contributed by atoms with Gasteiger partial charge in [0.25, 0.3) is 0 Å². The van der Waals surface area contributed by atoms with E-state index in [1.807, 2.05) is 0 Å². The molecule has 9 heteroatoms. The number of halogens is 3. The highest BCUT2D eigenvalue weighted by molar-refractivity contribution is 7.89. The van der Waals surface area contributed by atoms with Crippen LogP contribution in [-0.2, 0) is 16.4 Å². The third-order valence-corrected chi connectivity index (χ3v) is 5.27. The van der Waals surface area contributed by atoms with E-state index in [4.69, 9.17) is 34.8 Å². The summed E-state index contributed by atoms with van der Waals surface area (Å²) in [6.45, 7) is 0.248. The molecule has 5 nitrogen and oxygen atoms in total. The average molecular weight is 369 g/mol. The number of nitrogens with zero attached hydrogens (tertiary/aromatic N) is 1. The van der Waals surface area contributed by atoms with Crippen molar-refractivity contribution in [3.8, 4) is 0 Å². The Morgan fingerprint density at radius 2 is 1.86 bits per heavy atom. The van der Waals surface area contributed by atoms with Crippen molar-refractivity contribution < 1.29 is 8.42 Å². The maximum atomic E-state index is 12.2. The lowest BCUT2D eigenvalue weighted by Crippen LogP contribution is -2.25. The van der Waals surface area contributed by atoms with Crippen LogP contribution in [0.4, 0.5) is 0 Å². The molecule has 21 heavy (non-hydrogen) atoms. The number of benzene rings is 1. The number of hydrogen-bond acceptors (Lipinski definition) is 3. The van der Waals surface area contributed by atoms with Crippen molar-refractivity contribution in [3.05, 3.63) is 45.4 Å². The van der Waals surface area contributed by atoms with E-state index in [9.17, 15) is 8.42 Å². The third-order valence-electron chi connectivity index (χ3n) is 2.67. The quantitative estimate of drug-likeness (QED) is 0.768. The van der Waals surface area contributed by atoms with Crippen LogP contribution >= 0.6 is 34.8 Å². The van der Waals surface area contributed by atoms with E-state index in [1.165, 1.54) is 12.1 Å². The van der Waals surface area contributed by atoms with Crippen LogP contribution in [-0.4, -0.2) is 24.9 Å². The van der Waals surface area contributed by atoms with Crippen LogP contribution < -0.4 is 4.72 Å². The molecule has 1 heterocycles. The van der Waals surface area contributed by atoms with Crippen molar-refractivity contribution in [3.63, 3.8) is 0 Å². The molecule has 0 amide bonds. The Labute approximate surface area is 137 Å². The summed E-state index contributed by atoms with van der Waals surface area (Å²) in [4.78, 5) is 6.84. The standard InChI is InChI=1S/C12H12Cl3N3O2S/c13-8-6-9(14)12(10(15)7-8)21(19,20)18-3-1-2-11-16-4-5-17-11/h4-7,18H,1-3H2,(H,16,17). The molecule has 0 fully saturated rings. The Hall–Kier alpha value is -0.790. The summed E-state index contributed by atoms with van der Waals surface area (Å²) in [7, 11) is -3.78. The van der Waals surface area contributed by atoms with Gasteiger partial charge in [-0.25, -0.2) is 18.1 Å². The fourth-order valence-electron chi connectivity index (χ4n) is 1.75. The zero-order valence-corrected chi connectivity index (χ0v) is 13.8. The van der Waals surface area contributed by atoms with Gasteiger partial charge in [0.2, 0.25) is 10.0 Å². The van der Waals surface area contributed by atoms with Gasteiger partial charge in [-0.3, -0.25) is 0 Å². The summed E-state index contributed by atoms with van der Waals surface area (Å²) in [5.74, 6) is 0.803. The molecular formula is C12H12Cl3N3O2S. The van der Waals surface area contributed by atoms with Crippen molar-refractivity contribution in [2.75, 3.05) is 6.54 Å². The fraction of sp³-hybridized carbons (Fsp3) is 0.250. The molecular weight excluding hydrogens is 357 g/mol. The number of aryl methyl sites for hydroxylation is 1. The molecule has 1 aromatic carbocycles. The van der Waals surface area contributed by atoms with E-state index < -0.39 is 10.0 Å². The number of rotatable bonds is 6. The van der Waals surface area contributed by atoms with Crippen LogP contribution in [0.3, 0.4) is 0 Å². The maximum absolute atomic E-state index is 12.2. The third kappa shape index (κ3) is 4.34. The summed E-state index contributed by atoms with van der Waals surface area (Å²) in [5.41, 5.74) is 0. The summed E-state index contributed by atoms with van der Waals surface area (Å²) < 4.78 is 26.9. The lowest BCUT2D eigenvalue weighted by molar-refractivity contribution is 0.578. The largest absolute Gasteiger partial charge is 0.349 e. The first-order chi connectivity index (χ1) is 9.90. The first-order valence-electron chi connectivity index (χ1n) is 6.02. The molecule has 0 saturated carbocycles. The van der Waals surface area contributed by atoms with Gasteiger partial charge in [-0.15, -0.1) is 0 Å². The van der Waals surface area contributed by atoms with Gasteiger partial charge < -0.3 is 4.98 Å². The van der Waals surface area contributed by atoms with Crippen molar-refractivity contribution in [1.82, 2.24) is 14.7 Å². The van der Waals surface area contributed by atoms with Gasteiger partial charge in [-0.1, -0.05) is 34.8 Å². The maximum Gasteiger partial charge on any atom is 0.243 e. The van der Waals surface area contributed by atoms with Crippen LogP contribution in [0.15, 0.2) is 29.4 Å². The molecule has 2 aromatic rings. The molecule has 0 atom stereocenters. The monoisotopic (exact) mass is 367 g/mol. The molecule has 0 spiro atoms. The highest BCUT2D eigenvalue weighted by Gasteiger charge is 2.21. The molecule has 1 aromatic heterocycles. The number of imidazole rings is 1. The molecule has 0 aliphatic carbocycles. The predicted molar refractivity (Wildman–Crippen MR) is 83.6 cm³/mol. The van der Waals surface area contributed by atoms with Gasteiger partial charge in [0.1, 0.15) is 10.7 Å². The van der Waals surface area contributed by atoms with Gasteiger partial charge >= 0.3 is 0 Å². The van der Waals surface area contributed by atoms with Crippen LogP contribution in [0.2, 0.25) is 15.1 Å². The Balaban J connectivity index is 2.02. The highest BCUT2D eigenvalue weighted by atomic mass is 35.5. The van der Waals surface area contributed by atoms with E-state index in [-0.39, 0.29) is 26.5 Å². The molecule has 0 radical (unpaired) electrons. The molecule has 2 N–H and O–H groups in total. The molecule has 0 aliphatic rings. The van der Waals surface area contributed by atoms with Crippen LogP contribution in [0.25, 0.3) is 0 Å². The molecule has 2 rings (SSSR count). The number of hydrogen-bond donors (Lipinski definition) is 2. The van der Waals surface area contributed by atoms with Crippen LogP contribution in [0.1, 0.15) is 12.2 Å². The van der Waals surface area contributed by atoms with Gasteiger partial charge in [-0.05, 0) is 18.6 Å². The lowest BCUT2D eigenvalue weighted by Gasteiger charge is -2.10. The first-order valence-corrected chi connectivity index (χ1v) is 8.64. The Morgan fingerprint density at radius 1 is 1.19 bits per heavy atom. The minimum absolute atomic E-state index is 0.00830. The first kappa shape index (κ1) is 16.6. The second-order valence-corrected chi connectivity index (χ2v) is 7.19. The smallest absolute Gasteiger partial charge is 0.243 e. The molecule has 0 bridgehead atoms. The van der Waals surface area contributed by atoms with Gasteiger partial charge in [-0.2, -0.15) is 0 Å². The number of aromatic nitrogens is 2. The van der Waals surface area contributed by atoms with Crippen molar-refractivity contribution >= 4 is 44.8 Å². The fourth-order valence-corrected chi connectivity index (χ4v) is 4.37. The van der Waals surface area contributed by atoms with Gasteiger partial charge in [0, 0.05) is 30.4 Å². The minimum Gasteiger partial charge on any atom is -0.349 e. The Bertz CT molecular complexity index is 694. The lowest BCUT2D eigenvalue weighted by atomic mass is 10.3. The van der Waals surface area contributed by atoms with Crippen LogP contribution in [0, 0.1) is 0 Å². The van der Waals surface area contributed by atoms with Crippen LogP contribution in [0.5, 0.6) is 0 Å². The van der Waals surface area contributed by atoms with Crippen molar-refractivity contribution in [2.45, 2.75) is 17.7 Å². The summed E-state index contributed by atoms with van der Waals surface area (Å²) in [5, 5.41) is 0.263. The number of H-pyrrole nitrogens is 1. The van der Waals surface area contributed by atoms with E-state index in [2.05, 4.69) is 14.7 Å². The summed E-state index contributed by atoms with van der Waals surface area (Å²) >= 11 is 17.6. The van der Waals surface area contributed by atoms with Gasteiger partial charge in [0.05, 0.1) is 10.0 Å². The normalized spacial score (nSPS) is 11.8. The number of aromatic amines is 1. The van der Waals surface area contributed by atoms with Crippen molar-refractivity contribution in [1.29, 1.82) is 0 Å². The zero-order valence-electron chi connectivity index (χ0n) is 10.7. The summed E-state index contributed by atoms with van der Waals surface area (Å²) in [6.07, 6.45) is 4.59. The average Bonchev–Trinajstić information content (AvgIpc) is 2.86. The van der Waals surface area contributed by atoms with Gasteiger partial charge in [0.15, 0.2) is 0 Å². The second kappa shape index (κ2) is 6.98. The predicted octanol–water partition coefficient (Wildman–Crippen LogP) is 3.28. The van der Waals surface area contributed by atoms with Crippen molar-refractivity contribution in [2.24, 2.45) is 0 Å². The Kier molecular flexibility index (Phi) is 5.51. The number of nitrogens with one attached hydrogen (secondary N) is 2. The molecule has 114 valence electrons. The Morgan fingerprint density at radius 3 is 2.43 bits per heavy atom. The second-order valence-electron chi connectivity index (χ2n) is 4.24. The minimum atomic E-state index is -3.78. The van der Waals surface area contributed by atoms with E-state index in [0.29, 0.717) is 12.8 Å². The number of sulfonamides is 1. The van der Waals surface area contributed by atoms with E-state index >= 15 is 0 Å². The topological polar surface area (TPSA) is 74.8 Å². The molecule has 0 aliphatic heterocycles.